The zero-order valence-electron chi connectivity index (χ0n) is 9.30. The summed E-state index contributed by atoms with van der Waals surface area (Å²) in [6, 6.07) is 1.64. The fraction of sp³-hybridized carbons (Fsp3) is 0.500. The number of hydrogen-bond donors (Lipinski definition) is 2. The van der Waals surface area contributed by atoms with Gasteiger partial charge in [0.2, 0.25) is 5.95 Å². The van der Waals surface area contributed by atoms with Gasteiger partial charge in [-0.1, -0.05) is 6.92 Å². The molecule has 0 bridgehead atoms. The number of aromatic carboxylic acids is 1. The molecule has 0 saturated carbocycles. The van der Waals surface area contributed by atoms with Crippen molar-refractivity contribution >= 4 is 23.7 Å². The lowest BCUT2D eigenvalue weighted by Crippen LogP contribution is -2.23. The normalized spacial score (nSPS) is 12.1. The molecule has 0 amide bonds. The average molecular weight is 241 g/mol. The van der Waals surface area contributed by atoms with Gasteiger partial charge in [-0.15, -0.1) is 0 Å². The Morgan fingerprint density at radius 3 is 3.00 bits per heavy atom. The highest BCUT2D eigenvalue weighted by Crippen LogP contribution is 2.08. The monoisotopic (exact) mass is 241 g/mol. The molecule has 1 heterocycles. The first-order chi connectivity index (χ1) is 7.67. The lowest BCUT2D eigenvalue weighted by Gasteiger charge is -2.15. The fourth-order valence-corrected chi connectivity index (χ4v) is 1.91. The third-order valence-corrected chi connectivity index (χ3v) is 2.80. The molecule has 16 heavy (non-hydrogen) atoms. The smallest absolute Gasteiger partial charge is 0.354 e. The molecule has 1 aromatic heterocycles. The molecule has 6 heteroatoms. The summed E-state index contributed by atoms with van der Waals surface area (Å²) < 4.78 is 0. The molecule has 0 spiro atoms. The van der Waals surface area contributed by atoms with Crippen LogP contribution < -0.4 is 5.32 Å². The van der Waals surface area contributed by atoms with E-state index in [1.807, 2.05) is 6.26 Å². The van der Waals surface area contributed by atoms with Crippen molar-refractivity contribution in [2.45, 2.75) is 19.4 Å². The number of nitrogens with zero attached hydrogens (tertiary/aromatic N) is 2. The molecule has 0 aromatic carbocycles. The van der Waals surface area contributed by atoms with E-state index < -0.39 is 5.97 Å². The molecule has 1 unspecified atom stereocenters. The third kappa shape index (κ3) is 3.69. The van der Waals surface area contributed by atoms with Gasteiger partial charge in [-0.3, -0.25) is 0 Å². The number of thioether (sulfide) groups is 1. The van der Waals surface area contributed by atoms with Gasteiger partial charge in [0, 0.05) is 18.0 Å². The molecular formula is C10H15N3O2S. The Kier molecular flexibility index (Phi) is 5.04. The maximum atomic E-state index is 10.7. The summed E-state index contributed by atoms with van der Waals surface area (Å²) in [5, 5.41) is 11.9. The molecule has 0 fully saturated rings. The number of aromatic nitrogens is 2. The lowest BCUT2D eigenvalue weighted by molar-refractivity contribution is 0.0690. The van der Waals surface area contributed by atoms with Crippen LogP contribution in [0.4, 0.5) is 5.95 Å². The quantitative estimate of drug-likeness (QED) is 0.790. The Morgan fingerprint density at radius 2 is 2.44 bits per heavy atom. The van der Waals surface area contributed by atoms with Crippen LogP contribution in [0.15, 0.2) is 12.3 Å². The molecule has 0 aliphatic carbocycles. The number of carboxylic acids is 1. The van der Waals surface area contributed by atoms with Gasteiger partial charge in [-0.05, 0) is 18.7 Å². The van der Waals surface area contributed by atoms with Crippen molar-refractivity contribution in [1.29, 1.82) is 0 Å². The fourth-order valence-electron chi connectivity index (χ4n) is 1.19. The second kappa shape index (κ2) is 6.32. The van der Waals surface area contributed by atoms with Gasteiger partial charge in [0.05, 0.1) is 0 Å². The van der Waals surface area contributed by atoms with Crippen molar-refractivity contribution < 1.29 is 9.90 Å². The topological polar surface area (TPSA) is 75.1 Å². The zero-order chi connectivity index (χ0) is 12.0. The number of carbonyl (C=O) groups is 1. The summed E-state index contributed by atoms with van der Waals surface area (Å²) in [6.07, 6.45) is 4.42. The second-order valence-corrected chi connectivity index (χ2v) is 4.19. The Hall–Kier alpha value is -1.30. The van der Waals surface area contributed by atoms with E-state index in [0.717, 1.165) is 12.2 Å². The van der Waals surface area contributed by atoms with Crippen LogP contribution in [0.25, 0.3) is 0 Å². The predicted octanol–water partition coefficient (Wildman–Crippen LogP) is 1.73. The van der Waals surface area contributed by atoms with E-state index >= 15 is 0 Å². The lowest BCUT2D eigenvalue weighted by atomic mass is 10.3. The van der Waals surface area contributed by atoms with Crippen molar-refractivity contribution in [3.8, 4) is 0 Å². The summed E-state index contributed by atoms with van der Waals surface area (Å²) >= 11 is 1.73. The summed E-state index contributed by atoms with van der Waals surface area (Å²) in [7, 11) is 0. The van der Waals surface area contributed by atoms with Gasteiger partial charge in [-0.25, -0.2) is 14.8 Å². The second-order valence-electron chi connectivity index (χ2n) is 3.28. The van der Waals surface area contributed by atoms with E-state index in [-0.39, 0.29) is 11.7 Å². The van der Waals surface area contributed by atoms with Gasteiger partial charge in [0.25, 0.3) is 0 Å². The van der Waals surface area contributed by atoms with Crippen LogP contribution in [-0.4, -0.2) is 39.1 Å². The summed E-state index contributed by atoms with van der Waals surface area (Å²) in [5.41, 5.74) is 0.0107. The molecule has 2 N–H and O–H groups in total. The van der Waals surface area contributed by atoms with Crippen LogP contribution >= 0.6 is 11.8 Å². The van der Waals surface area contributed by atoms with Crippen molar-refractivity contribution in [2.75, 3.05) is 17.3 Å². The van der Waals surface area contributed by atoms with Crippen molar-refractivity contribution in [3.63, 3.8) is 0 Å². The van der Waals surface area contributed by atoms with E-state index in [1.54, 1.807) is 11.8 Å². The third-order valence-electron chi connectivity index (χ3n) is 2.07. The van der Waals surface area contributed by atoms with Crippen molar-refractivity contribution in [1.82, 2.24) is 9.97 Å². The van der Waals surface area contributed by atoms with Gasteiger partial charge in [0.15, 0.2) is 5.69 Å². The minimum absolute atomic E-state index is 0.0107. The van der Waals surface area contributed by atoms with E-state index in [1.165, 1.54) is 12.3 Å². The highest BCUT2D eigenvalue weighted by Gasteiger charge is 2.09. The van der Waals surface area contributed by atoms with E-state index in [9.17, 15) is 4.79 Å². The van der Waals surface area contributed by atoms with Gasteiger partial charge < -0.3 is 10.4 Å². The predicted molar refractivity (Wildman–Crippen MR) is 65.1 cm³/mol. The van der Waals surface area contributed by atoms with Crippen molar-refractivity contribution in [3.05, 3.63) is 18.0 Å². The molecule has 1 rings (SSSR count). The molecule has 0 radical (unpaired) electrons. The number of hydrogen-bond acceptors (Lipinski definition) is 5. The minimum atomic E-state index is -1.04. The number of anilines is 1. The Balaban J connectivity index is 2.72. The van der Waals surface area contributed by atoms with Crippen molar-refractivity contribution in [2.24, 2.45) is 0 Å². The standard InChI is InChI=1S/C10H15N3O2S/c1-3-7(6-16-2)12-10-11-5-4-8(13-10)9(14)15/h4-5,7H,3,6H2,1-2H3,(H,14,15)(H,11,12,13). The van der Waals surface area contributed by atoms with Gasteiger partial charge in [-0.2, -0.15) is 11.8 Å². The Labute approximate surface area is 98.7 Å². The Morgan fingerprint density at radius 1 is 1.69 bits per heavy atom. The van der Waals surface area contributed by atoms with Crippen LogP contribution in [0, 0.1) is 0 Å². The first kappa shape index (κ1) is 12.8. The molecule has 0 saturated heterocycles. The molecule has 1 atom stereocenters. The summed E-state index contributed by atoms with van der Waals surface area (Å²) in [6.45, 7) is 2.06. The zero-order valence-corrected chi connectivity index (χ0v) is 10.1. The number of rotatable bonds is 6. The van der Waals surface area contributed by atoms with E-state index in [4.69, 9.17) is 5.11 Å². The minimum Gasteiger partial charge on any atom is -0.477 e. The molecule has 5 nitrogen and oxygen atoms in total. The Bertz CT molecular complexity index is 360. The highest BCUT2D eigenvalue weighted by atomic mass is 32.2. The largest absolute Gasteiger partial charge is 0.477 e. The van der Waals surface area contributed by atoms with Crippen LogP contribution in [0.3, 0.4) is 0 Å². The van der Waals surface area contributed by atoms with Crippen LogP contribution in [0.2, 0.25) is 0 Å². The summed E-state index contributed by atoms with van der Waals surface area (Å²) in [4.78, 5) is 18.6. The average Bonchev–Trinajstić information content (AvgIpc) is 2.29. The van der Waals surface area contributed by atoms with E-state index in [0.29, 0.717) is 5.95 Å². The molecule has 1 aromatic rings. The maximum Gasteiger partial charge on any atom is 0.354 e. The first-order valence-corrected chi connectivity index (χ1v) is 6.38. The number of nitrogens with one attached hydrogen (secondary N) is 1. The maximum absolute atomic E-state index is 10.7. The molecular weight excluding hydrogens is 226 g/mol. The highest BCUT2D eigenvalue weighted by molar-refractivity contribution is 7.98. The van der Waals surface area contributed by atoms with Crippen LogP contribution in [-0.2, 0) is 0 Å². The van der Waals surface area contributed by atoms with E-state index in [2.05, 4.69) is 22.2 Å². The van der Waals surface area contributed by atoms with Crippen LogP contribution in [0.5, 0.6) is 0 Å². The first-order valence-electron chi connectivity index (χ1n) is 4.99. The van der Waals surface area contributed by atoms with Crippen LogP contribution in [0.1, 0.15) is 23.8 Å². The molecule has 0 aliphatic heterocycles. The van der Waals surface area contributed by atoms with Gasteiger partial charge >= 0.3 is 5.97 Å². The van der Waals surface area contributed by atoms with Gasteiger partial charge in [0.1, 0.15) is 0 Å². The number of carboxylic acid groups (broad SMARTS) is 1. The summed E-state index contributed by atoms with van der Waals surface area (Å²) in [5.74, 6) is 0.279. The molecule has 0 aliphatic rings. The SMILES string of the molecule is CCC(CSC)Nc1nccc(C(=O)O)n1. The molecule has 88 valence electrons.